The third kappa shape index (κ3) is 4.76. The number of aromatic nitrogens is 2. The standard InChI is InChI=1S/C26H37N3O2/c1-5-17-28-23(8-4)24(25(30)29(18-6-2)26(28)31)27-22(7-3)21-16-12-15-20(21)19-13-10-9-11-14-19/h9-11,13-14,20-21H,5-8,12,15-18H2,1-4H3/t20-,21+/m1/s1. The Balaban J connectivity index is 2.15. The van der Waals surface area contributed by atoms with E-state index in [1.807, 2.05) is 13.8 Å². The minimum atomic E-state index is -0.226. The first-order valence-electron chi connectivity index (χ1n) is 12.1. The van der Waals surface area contributed by atoms with Crippen molar-refractivity contribution in [3.05, 3.63) is 62.4 Å². The predicted octanol–water partition coefficient (Wildman–Crippen LogP) is 5.46. The Bertz CT molecular complexity index is 1020. The van der Waals surface area contributed by atoms with Crippen molar-refractivity contribution in [1.82, 2.24) is 9.13 Å². The molecule has 1 aromatic carbocycles. The van der Waals surface area contributed by atoms with Crippen molar-refractivity contribution < 1.29 is 0 Å². The minimum Gasteiger partial charge on any atom is -0.295 e. The van der Waals surface area contributed by atoms with Gasteiger partial charge in [0.25, 0.3) is 5.56 Å². The maximum Gasteiger partial charge on any atom is 0.331 e. The lowest BCUT2D eigenvalue weighted by Gasteiger charge is -2.23. The summed E-state index contributed by atoms with van der Waals surface area (Å²) in [6, 6.07) is 10.7. The average molecular weight is 424 g/mol. The van der Waals surface area contributed by atoms with Gasteiger partial charge in [0.1, 0.15) is 5.69 Å². The average Bonchev–Trinajstić information content (AvgIpc) is 3.28. The Morgan fingerprint density at radius 3 is 2.26 bits per heavy atom. The zero-order valence-corrected chi connectivity index (χ0v) is 19.6. The van der Waals surface area contributed by atoms with Crippen LogP contribution in [0.4, 0.5) is 5.69 Å². The third-order valence-electron chi connectivity index (χ3n) is 6.53. The van der Waals surface area contributed by atoms with Crippen molar-refractivity contribution in [3.63, 3.8) is 0 Å². The summed E-state index contributed by atoms with van der Waals surface area (Å²) in [5.41, 5.74) is 3.31. The lowest BCUT2D eigenvalue weighted by atomic mass is 9.84. The molecule has 3 rings (SSSR count). The smallest absolute Gasteiger partial charge is 0.295 e. The summed E-state index contributed by atoms with van der Waals surface area (Å²) >= 11 is 0. The first-order valence-corrected chi connectivity index (χ1v) is 12.1. The van der Waals surface area contributed by atoms with Gasteiger partial charge in [0, 0.05) is 24.7 Å². The summed E-state index contributed by atoms with van der Waals surface area (Å²) in [5.74, 6) is 0.798. The van der Waals surface area contributed by atoms with Gasteiger partial charge in [-0.25, -0.2) is 9.79 Å². The van der Waals surface area contributed by atoms with Crippen LogP contribution in [0.1, 0.15) is 83.4 Å². The van der Waals surface area contributed by atoms with E-state index in [2.05, 4.69) is 44.2 Å². The van der Waals surface area contributed by atoms with Crippen LogP contribution in [0.15, 0.2) is 44.9 Å². The monoisotopic (exact) mass is 423 g/mol. The van der Waals surface area contributed by atoms with Gasteiger partial charge in [-0.05, 0) is 50.0 Å². The van der Waals surface area contributed by atoms with Crippen molar-refractivity contribution in [2.45, 2.75) is 91.6 Å². The molecule has 31 heavy (non-hydrogen) atoms. The van der Waals surface area contributed by atoms with Crippen LogP contribution in [-0.4, -0.2) is 14.8 Å². The second kappa shape index (κ2) is 10.7. The number of aliphatic imine (C=N–C) groups is 1. The van der Waals surface area contributed by atoms with E-state index >= 15 is 0 Å². The Morgan fingerprint density at radius 2 is 1.65 bits per heavy atom. The maximum atomic E-state index is 13.4. The van der Waals surface area contributed by atoms with Gasteiger partial charge in [0.05, 0.1) is 5.69 Å². The second-order valence-electron chi connectivity index (χ2n) is 8.55. The van der Waals surface area contributed by atoms with Crippen molar-refractivity contribution in [3.8, 4) is 0 Å². The number of rotatable bonds is 9. The van der Waals surface area contributed by atoms with Gasteiger partial charge in [0.2, 0.25) is 0 Å². The fourth-order valence-electron chi connectivity index (χ4n) is 5.10. The third-order valence-corrected chi connectivity index (χ3v) is 6.53. The van der Waals surface area contributed by atoms with Crippen molar-refractivity contribution in [2.24, 2.45) is 10.9 Å². The molecule has 0 radical (unpaired) electrons. The van der Waals surface area contributed by atoms with Crippen LogP contribution in [0.2, 0.25) is 0 Å². The van der Waals surface area contributed by atoms with Crippen molar-refractivity contribution in [2.75, 3.05) is 0 Å². The van der Waals surface area contributed by atoms with E-state index in [1.54, 1.807) is 4.57 Å². The van der Waals surface area contributed by atoms with Crippen LogP contribution in [0.3, 0.4) is 0 Å². The quantitative estimate of drug-likeness (QED) is 0.503. The molecule has 0 spiro atoms. The molecule has 1 saturated carbocycles. The predicted molar refractivity (Wildman–Crippen MR) is 129 cm³/mol. The Morgan fingerprint density at radius 1 is 0.968 bits per heavy atom. The highest BCUT2D eigenvalue weighted by Crippen LogP contribution is 2.41. The molecule has 5 nitrogen and oxygen atoms in total. The van der Waals surface area contributed by atoms with Crippen LogP contribution >= 0.6 is 0 Å². The van der Waals surface area contributed by atoms with E-state index in [0.29, 0.717) is 37.0 Å². The van der Waals surface area contributed by atoms with Crippen LogP contribution in [0, 0.1) is 5.92 Å². The molecule has 0 unspecified atom stereocenters. The van der Waals surface area contributed by atoms with Crippen LogP contribution in [0.25, 0.3) is 0 Å². The van der Waals surface area contributed by atoms with Gasteiger partial charge in [-0.2, -0.15) is 0 Å². The molecule has 1 aliphatic carbocycles. The van der Waals surface area contributed by atoms with E-state index in [0.717, 1.165) is 43.5 Å². The summed E-state index contributed by atoms with van der Waals surface area (Å²) in [6.45, 7) is 9.25. The van der Waals surface area contributed by atoms with Gasteiger partial charge in [-0.1, -0.05) is 64.4 Å². The lowest BCUT2D eigenvalue weighted by molar-refractivity contribution is 0.525. The summed E-state index contributed by atoms with van der Waals surface area (Å²) in [4.78, 5) is 31.5. The Hall–Kier alpha value is -2.43. The van der Waals surface area contributed by atoms with Crippen LogP contribution in [-0.2, 0) is 19.5 Å². The Labute approximate surface area is 185 Å². The van der Waals surface area contributed by atoms with Crippen LogP contribution < -0.4 is 11.2 Å². The molecule has 0 amide bonds. The second-order valence-corrected chi connectivity index (χ2v) is 8.55. The molecule has 1 fully saturated rings. The van der Waals surface area contributed by atoms with Gasteiger partial charge < -0.3 is 0 Å². The molecule has 0 saturated heterocycles. The van der Waals surface area contributed by atoms with Gasteiger partial charge >= 0.3 is 5.69 Å². The molecule has 168 valence electrons. The number of nitrogens with zero attached hydrogens (tertiary/aromatic N) is 3. The SMILES string of the molecule is CCCn1c(CC)c(N=C(CC)[C@H]2CCC[C@@H]2c2ccccc2)c(=O)n(CCC)c1=O. The van der Waals surface area contributed by atoms with Gasteiger partial charge in [0.15, 0.2) is 0 Å². The summed E-state index contributed by atoms with van der Waals surface area (Å²) < 4.78 is 3.18. The van der Waals surface area contributed by atoms with Gasteiger partial charge in [-0.3, -0.25) is 13.9 Å². The zero-order valence-electron chi connectivity index (χ0n) is 19.6. The molecular formula is C26H37N3O2. The molecule has 0 N–H and O–H groups in total. The van der Waals surface area contributed by atoms with E-state index in [-0.39, 0.29) is 11.2 Å². The number of benzene rings is 1. The van der Waals surface area contributed by atoms with E-state index in [4.69, 9.17) is 4.99 Å². The maximum absolute atomic E-state index is 13.4. The highest BCUT2D eigenvalue weighted by molar-refractivity contribution is 5.90. The molecule has 2 aromatic rings. The largest absolute Gasteiger partial charge is 0.331 e. The van der Waals surface area contributed by atoms with E-state index < -0.39 is 0 Å². The fourth-order valence-corrected chi connectivity index (χ4v) is 5.10. The van der Waals surface area contributed by atoms with Gasteiger partial charge in [-0.15, -0.1) is 0 Å². The Kier molecular flexibility index (Phi) is 8.05. The molecular weight excluding hydrogens is 386 g/mol. The molecule has 1 aliphatic rings. The number of hydrogen-bond donors (Lipinski definition) is 0. The molecule has 1 aromatic heterocycles. The minimum absolute atomic E-state index is 0.189. The lowest BCUT2D eigenvalue weighted by Crippen LogP contribution is -2.41. The first-order chi connectivity index (χ1) is 15.1. The summed E-state index contributed by atoms with van der Waals surface area (Å²) in [7, 11) is 0. The highest BCUT2D eigenvalue weighted by atomic mass is 16.2. The fraction of sp³-hybridized carbons (Fsp3) is 0.577. The van der Waals surface area contributed by atoms with Crippen LogP contribution in [0.5, 0.6) is 0 Å². The highest BCUT2D eigenvalue weighted by Gasteiger charge is 2.32. The topological polar surface area (TPSA) is 56.4 Å². The van der Waals surface area contributed by atoms with E-state index in [9.17, 15) is 9.59 Å². The summed E-state index contributed by atoms with van der Waals surface area (Å²) in [6.07, 6.45) is 6.47. The van der Waals surface area contributed by atoms with E-state index in [1.165, 1.54) is 16.6 Å². The summed E-state index contributed by atoms with van der Waals surface area (Å²) in [5, 5.41) is 0. The normalized spacial score (nSPS) is 19.2. The molecule has 5 heteroatoms. The number of hydrogen-bond acceptors (Lipinski definition) is 3. The molecule has 2 atom stereocenters. The molecule has 1 heterocycles. The molecule has 0 bridgehead atoms. The van der Waals surface area contributed by atoms with Crippen molar-refractivity contribution >= 4 is 11.4 Å². The van der Waals surface area contributed by atoms with Crippen molar-refractivity contribution in [1.29, 1.82) is 0 Å². The first kappa shape index (κ1) is 23.2. The molecule has 0 aliphatic heterocycles. The zero-order chi connectivity index (χ0) is 22.4.